The first-order valence-corrected chi connectivity index (χ1v) is 9.00. The topological polar surface area (TPSA) is 120 Å². The number of nitrogen functional groups attached to an aromatic ring is 1. The molecule has 0 atom stereocenters. The van der Waals surface area contributed by atoms with Gasteiger partial charge in [0.15, 0.2) is 11.0 Å². The van der Waals surface area contributed by atoms with Crippen LogP contribution in [0.5, 0.6) is 0 Å². The van der Waals surface area contributed by atoms with Crippen LogP contribution in [0.1, 0.15) is 12.6 Å². The molecular weight excluding hydrogens is 352 g/mol. The Morgan fingerprint density at radius 3 is 2.77 bits per heavy atom. The van der Waals surface area contributed by atoms with Gasteiger partial charge in [-0.3, -0.25) is 9.89 Å². The highest BCUT2D eigenvalue weighted by Crippen LogP contribution is 2.25. The third kappa shape index (κ3) is 2.94. The molecule has 0 fully saturated rings. The van der Waals surface area contributed by atoms with Gasteiger partial charge in [0.1, 0.15) is 0 Å². The van der Waals surface area contributed by atoms with Crippen molar-refractivity contribution >= 4 is 23.5 Å². The van der Waals surface area contributed by atoms with Crippen LogP contribution < -0.4 is 11.3 Å². The molecule has 4 rings (SSSR count). The third-order valence-electron chi connectivity index (χ3n) is 3.82. The molecule has 0 spiro atoms. The number of nitrogens with zero attached hydrogens (tertiary/aromatic N) is 6. The van der Waals surface area contributed by atoms with Gasteiger partial charge in [-0.15, -0.1) is 10.2 Å². The number of hydrogen-bond acceptors (Lipinski definition) is 7. The molecule has 0 amide bonds. The molecule has 4 aromatic rings. The summed E-state index contributed by atoms with van der Waals surface area (Å²) in [4.78, 5) is 20.4. The highest BCUT2D eigenvalue weighted by atomic mass is 32.2. The van der Waals surface area contributed by atoms with E-state index in [-0.39, 0.29) is 17.3 Å². The smallest absolute Gasteiger partial charge is 0.274 e. The molecular formula is C16H16N8OS. The van der Waals surface area contributed by atoms with E-state index in [2.05, 4.69) is 25.3 Å². The summed E-state index contributed by atoms with van der Waals surface area (Å²) in [6.07, 6.45) is 0. The van der Waals surface area contributed by atoms with Crippen LogP contribution in [0.2, 0.25) is 0 Å². The molecule has 3 N–H and O–H groups in total. The van der Waals surface area contributed by atoms with Crippen LogP contribution in [0.3, 0.4) is 0 Å². The number of rotatable bonds is 5. The van der Waals surface area contributed by atoms with Crippen LogP contribution in [-0.2, 0) is 12.3 Å². The second kappa shape index (κ2) is 6.64. The lowest BCUT2D eigenvalue weighted by molar-refractivity contribution is 0.687. The SMILES string of the molecule is CCn1c(SCc2cc(=O)n3[nH]c(N)nc3n2)nnc1-c1ccccc1. The number of fused-ring (bicyclic) bond motifs is 1. The Morgan fingerprint density at radius 1 is 1.19 bits per heavy atom. The molecule has 0 aliphatic rings. The number of aromatic nitrogens is 7. The number of benzene rings is 1. The maximum absolute atomic E-state index is 12.1. The quantitative estimate of drug-likeness (QED) is 0.513. The number of nitrogens with two attached hydrogens (primary N) is 1. The van der Waals surface area contributed by atoms with Crippen LogP contribution in [0.15, 0.2) is 46.3 Å². The zero-order chi connectivity index (χ0) is 18.1. The van der Waals surface area contributed by atoms with Crippen LogP contribution in [0.4, 0.5) is 5.95 Å². The van der Waals surface area contributed by atoms with Gasteiger partial charge in [0.05, 0.1) is 5.69 Å². The van der Waals surface area contributed by atoms with Crippen molar-refractivity contribution in [2.75, 3.05) is 5.73 Å². The standard InChI is InChI=1S/C16H16N8OS/c1-2-23-13(10-6-4-3-5-7-10)20-21-16(23)26-9-11-8-12(25)24-15(18-11)19-14(17)22-24/h3-8H,2,9H2,1H3,(H3,17,18,19,22). The molecule has 3 heterocycles. The summed E-state index contributed by atoms with van der Waals surface area (Å²) in [6.45, 7) is 2.79. The van der Waals surface area contributed by atoms with Gasteiger partial charge in [0.2, 0.25) is 5.95 Å². The fourth-order valence-corrected chi connectivity index (χ4v) is 3.53. The number of hydrogen-bond donors (Lipinski definition) is 2. The van der Waals surface area contributed by atoms with Crippen molar-refractivity contribution < 1.29 is 0 Å². The molecule has 0 unspecified atom stereocenters. The van der Waals surface area contributed by atoms with E-state index in [0.29, 0.717) is 11.4 Å². The molecule has 0 saturated carbocycles. The summed E-state index contributed by atoms with van der Waals surface area (Å²) in [5.74, 6) is 1.70. The Labute approximate surface area is 152 Å². The van der Waals surface area contributed by atoms with Crippen molar-refractivity contribution in [2.24, 2.45) is 0 Å². The molecule has 0 radical (unpaired) electrons. The van der Waals surface area contributed by atoms with Crippen LogP contribution >= 0.6 is 11.8 Å². The van der Waals surface area contributed by atoms with Crippen LogP contribution in [0.25, 0.3) is 17.2 Å². The Morgan fingerprint density at radius 2 is 2.00 bits per heavy atom. The van der Waals surface area contributed by atoms with Crippen molar-refractivity contribution in [3.63, 3.8) is 0 Å². The first kappa shape index (κ1) is 16.3. The fourth-order valence-electron chi connectivity index (χ4n) is 2.64. The first-order valence-electron chi connectivity index (χ1n) is 8.01. The minimum Gasteiger partial charge on any atom is -0.368 e. The monoisotopic (exact) mass is 368 g/mol. The van der Waals surface area contributed by atoms with Gasteiger partial charge in [0, 0.05) is 23.9 Å². The lowest BCUT2D eigenvalue weighted by Gasteiger charge is -2.07. The number of H-pyrrole nitrogens is 1. The van der Waals surface area contributed by atoms with Crippen molar-refractivity contribution in [1.29, 1.82) is 0 Å². The second-order valence-corrected chi connectivity index (χ2v) is 6.48. The lowest BCUT2D eigenvalue weighted by Crippen LogP contribution is -2.15. The van der Waals surface area contributed by atoms with Gasteiger partial charge in [-0.25, -0.2) is 4.98 Å². The van der Waals surface area contributed by atoms with Crippen LogP contribution in [-0.4, -0.2) is 34.3 Å². The summed E-state index contributed by atoms with van der Waals surface area (Å²) in [5.41, 5.74) is 6.95. The minimum atomic E-state index is -0.253. The number of nitrogens with one attached hydrogen (secondary N) is 1. The summed E-state index contributed by atoms with van der Waals surface area (Å²) in [6, 6.07) is 11.4. The van der Waals surface area contributed by atoms with Gasteiger partial charge < -0.3 is 10.3 Å². The van der Waals surface area contributed by atoms with Crippen molar-refractivity contribution in [3.8, 4) is 11.4 Å². The van der Waals surface area contributed by atoms with Gasteiger partial charge >= 0.3 is 0 Å². The maximum Gasteiger partial charge on any atom is 0.274 e. The Kier molecular flexibility index (Phi) is 4.17. The van der Waals surface area contributed by atoms with E-state index in [1.807, 2.05) is 41.8 Å². The molecule has 0 aliphatic heterocycles. The van der Waals surface area contributed by atoms with E-state index in [1.165, 1.54) is 22.3 Å². The zero-order valence-corrected chi connectivity index (χ0v) is 14.8. The van der Waals surface area contributed by atoms with E-state index in [9.17, 15) is 4.79 Å². The molecule has 0 aliphatic carbocycles. The summed E-state index contributed by atoms with van der Waals surface area (Å²) < 4.78 is 3.25. The predicted molar refractivity (Wildman–Crippen MR) is 98.7 cm³/mol. The molecule has 26 heavy (non-hydrogen) atoms. The van der Waals surface area contributed by atoms with E-state index < -0.39 is 0 Å². The van der Waals surface area contributed by atoms with E-state index >= 15 is 0 Å². The average molecular weight is 368 g/mol. The van der Waals surface area contributed by atoms with Gasteiger partial charge in [0.25, 0.3) is 11.3 Å². The maximum atomic E-state index is 12.1. The van der Waals surface area contributed by atoms with E-state index in [1.54, 1.807) is 0 Å². The molecule has 9 nitrogen and oxygen atoms in total. The average Bonchev–Trinajstić information content (AvgIpc) is 3.23. The van der Waals surface area contributed by atoms with Gasteiger partial charge in [-0.2, -0.15) is 9.50 Å². The molecule has 132 valence electrons. The molecule has 1 aromatic carbocycles. The highest BCUT2D eigenvalue weighted by molar-refractivity contribution is 7.98. The number of anilines is 1. The number of aromatic amines is 1. The Balaban J connectivity index is 1.60. The van der Waals surface area contributed by atoms with Crippen molar-refractivity contribution in [1.82, 2.24) is 34.3 Å². The highest BCUT2D eigenvalue weighted by Gasteiger charge is 2.14. The van der Waals surface area contributed by atoms with E-state index in [0.717, 1.165) is 23.1 Å². The summed E-state index contributed by atoms with van der Waals surface area (Å²) in [7, 11) is 0. The lowest BCUT2D eigenvalue weighted by atomic mass is 10.2. The number of thioether (sulfide) groups is 1. The Hall–Kier alpha value is -3.14. The predicted octanol–water partition coefficient (Wildman–Crippen LogP) is 1.57. The van der Waals surface area contributed by atoms with Gasteiger partial charge in [-0.05, 0) is 6.92 Å². The molecule has 0 bridgehead atoms. The van der Waals surface area contributed by atoms with Gasteiger partial charge in [-0.1, -0.05) is 42.1 Å². The zero-order valence-electron chi connectivity index (χ0n) is 14.0. The fraction of sp³-hybridized carbons (Fsp3) is 0.188. The summed E-state index contributed by atoms with van der Waals surface area (Å²) in [5, 5.41) is 12.0. The minimum absolute atomic E-state index is 0.151. The second-order valence-electron chi connectivity index (χ2n) is 5.54. The van der Waals surface area contributed by atoms with Crippen molar-refractivity contribution in [2.45, 2.75) is 24.4 Å². The van der Waals surface area contributed by atoms with E-state index in [4.69, 9.17) is 5.73 Å². The normalized spacial score (nSPS) is 11.3. The Bertz CT molecular complexity index is 1110. The largest absolute Gasteiger partial charge is 0.368 e. The van der Waals surface area contributed by atoms with Crippen molar-refractivity contribution in [3.05, 3.63) is 52.4 Å². The van der Waals surface area contributed by atoms with Crippen LogP contribution in [0, 0.1) is 0 Å². The first-order chi connectivity index (χ1) is 12.7. The molecule has 3 aromatic heterocycles. The summed E-state index contributed by atoms with van der Waals surface area (Å²) >= 11 is 1.47. The molecule has 0 saturated heterocycles. The third-order valence-corrected chi connectivity index (χ3v) is 4.82. The molecule has 10 heteroatoms.